The van der Waals surface area contributed by atoms with Crippen molar-refractivity contribution in [2.75, 3.05) is 19.6 Å². The van der Waals surface area contributed by atoms with Crippen molar-refractivity contribution < 1.29 is 9.59 Å². The van der Waals surface area contributed by atoms with E-state index in [9.17, 15) is 9.59 Å². The summed E-state index contributed by atoms with van der Waals surface area (Å²) in [4.78, 5) is 27.5. The number of likely N-dealkylation sites (tertiary alicyclic amines) is 1. The Morgan fingerprint density at radius 1 is 1.14 bits per heavy atom. The summed E-state index contributed by atoms with van der Waals surface area (Å²) in [6.45, 7) is 6.42. The molecule has 0 spiro atoms. The highest BCUT2D eigenvalue weighted by atomic mass is 16.2. The van der Waals surface area contributed by atoms with Gasteiger partial charge in [-0.2, -0.15) is 0 Å². The van der Waals surface area contributed by atoms with Crippen LogP contribution in [0.3, 0.4) is 0 Å². The third-order valence-electron chi connectivity index (χ3n) is 3.99. The minimum atomic E-state index is 0.0183. The van der Waals surface area contributed by atoms with Crippen LogP contribution in [-0.2, 0) is 16.1 Å². The number of nitrogens with zero attached hydrogens (tertiary/aromatic N) is 2. The quantitative estimate of drug-likeness (QED) is 0.834. The molecule has 2 rings (SSSR count). The highest BCUT2D eigenvalue weighted by Gasteiger charge is 2.19. The molecule has 0 atom stereocenters. The average Bonchev–Trinajstić information content (AvgIpc) is 2.99. The first kappa shape index (κ1) is 15.5. The molecule has 2 amide bonds. The number of hydrogen-bond donors (Lipinski definition) is 0. The second-order valence-corrected chi connectivity index (χ2v) is 5.76. The van der Waals surface area contributed by atoms with E-state index in [2.05, 4.69) is 0 Å². The molecule has 1 aliphatic rings. The molecule has 21 heavy (non-hydrogen) atoms. The summed E-state index contributed by atoms with van der Waals surface area (Å²) in [7, 11) is 0. The highest BCUT2D eigenvalue weighted by molar-refractivity contribution is 5.78. The van der Waals surface area contributed by atoms with Crippen LogP contribution < -0.4 is 0 Å². The van der Waals surface area contributed by atoms with Gasteiger partial charge in [-0.05, 0) is 25.3 Å². The molecule has 1 fully saturated rings. The third-order valence-corrected chi connectivity index (χ3v) is 3.99. The summed E-state index contributed by atoms with van der Waals surface area (Å²) < 4.78 is 0. The molecule has 1 aliphatic heterocycles. The maximum absolute atomic E-state index is 12.1. The number of carbonyl (C=O) groups is 2. The lowest BCUT2D eigenvalue weighted by atomic mass is 10.1. The average molecular weight is 288 g/mol. The fourth-order valence-electron chi connectivity index (χ4n) is 2.62. The van der Waals surface area contributed by atoms with Crippen molar-refractivity contribution in [1.29, 1.82) is 0 Å². The summed E-state index contributed by atoms with van der Waals surface area (Å²) in [5.74, 6) is 0.187. The largest absolute Gasteiger partial charge is 0.343 e. The summed E-state index contributed by atoms with van der Waals surface area (Å²) >= 11 is 0. The van der Waals surface area contributed by atoms with Gasteiger partial charge >= 0.3 is 0 Å². The Bertz CT molecular complexity index is 490. The van der Waals surface area contributed by atoms with Crippen LogP contribution in [0.4, 0.5) is 0 Å². The van der Waals surface area contributed by atoms with E-state index in [-0.39, 0.29) is 11.8 Å². The summed E-state index contributed by atoms with van der Waals surface area (Å²) in [5, 5.41) is 0. The Hall–Kier alpha value is -1.84. The first-order valence-corrected chi connectivity index (χ1v) is 7.65. The van der Waals surface area contributed by atoms with E-state index in [0.717, 1.165) is 31.5 Å². The van der Waals surface area contributed by atoms with Crippen LogP contribution in [0.1, 0.15) is 37.3 Å². The Labute approximate surface area is 126 Å². The minimum Gasteiger partial charge on any atom is -0.343 e. The summed E-state index contributed by atoms with van der Waals surface area (Å²) in [6.07, 6.45) is 2.63. The Balaban J connectivity index is 1.88. The molecule has 4 heteroatoms. The van der Waals surface area contributed by atoms with Gasteiger partial charge in [0.25, 0.3) is 0 Å². The molecule has 0 saturated carbocycles. The van der Waals surface area contributed by atoms with Crippen molar-refractivity contribution in [3.63, 3.8) is 0 Å². The molecule has 0 N–H and O–H groups in total. The molecule has 0 bridgehead atoms. The zero-order valence-electron chi connectivity index (χ0n) is 13.0. The van der Waals surface area contributed by atoms with Crippen molar-refractivity contribution in [3.8, 4) is 0 Å². The number of carbonyl (C=O) groups excluding carboxylic acids is 2. The fourth-order valence-corrected chi connectivity index (χ4v) is 2.62. The van der Waals surface area contributed by atoms with E-state index in [1.54, 1.807) is 11.8 Å². The van der Waals surface area contributed by atoms with Gasteiger partial charge in [-0.3, -0.25) is 9.59 Å². The van der Waals surface area contributed by atoms with Crippen molar-refractivity contribution in [2.45, 2.75) is 39.7 Å². The second kappa shape index (κ2) is 7.25. The number of amides is 2. The molecule has 114 valence electrons. The van der Waals surface area contributed by atoms with Gasteiger partial charge in [0.15, 0.2) is 0 Å². The van der Waals surface area contributed by atoms with Crippen LogP contribution in [0.15, 0.2) is 24.3 Å². The zero-order valence-corrected chi connectivity index (χ0v) is 13.0. The van der Waals surface area contributed by atoms with Crippen LogP contribution in [-0.4, -0.2) is 41.2 Å². The lowest BCUT2D eigenvalue weighted by Gasteiger charge is -2.23. The molecule has 0 unspecified atom stereocenters. The Morgan fingerprint density at radius 2 is 1.76 bits per heavy atom. The third kappa shape index (κ3) is 4.59. The van der Waals surface area contributed by atoms with Gasteiger partial charge in [-0.15, -0.1) is 0 Å². The number of benzene rings is 1. The molecule has 1 aromatic carbocycles. The fraction of sp³-hybridized carbons (Fsp3) is 0.529. The SMILES string of the molecule is CC(=O)N(CCC(=O)N1CCCC1)Cc1ccc(C)cc1. The van der Waals surface area contributed by atoms with Gasteiger partial charge in [-0.1, -0.05) is 29.8 Å². The van der Waals surface area contributed by atoms with Crippen molar-refractivity contribution in [3.05, 3.63) is 35.4 Å². The predicted molar refractivity (Wildman–Crippen MR) is 82.7 cm³/mol. The molecule has 4 nitrogen and oxygen atoms in total. The number of rotatable bonds is 5. The van der Waals surface area contributed by atoms with E-state index in [1.165, 1.54) is 5.56 Å². The summed E-state index contributed by atoms with van der Waals surface area (Å²) in [5.41, 5.74) is 2.31. The molecule has 0 aromatic heterocycles. The van der Waals surface area contributed by atoms with E-state index in [0.29, 0.717) is 19.5 Å². The minimum absolute atomic E-state index is 0.0183. The standard InChI is InChI=1S/C17H24N2O2/c1-14-5-7-16(8-6-14)13-19(15(2)20)12-9-17(21)18-10-3-4-11-18/h5-8H,3-4,9-13H2,1-2H3. The van der Waals surface area contributed by atoms with E-state index in [1.807, 2.05) is 36.1 Å². The second-order valence-electron chi connectivity index (χ2n) is 5.76. The van der Waals surface area contributed by atoms with Gasteiger partial charge in [0.2, 0.25) is 11.8 Å². The van der Waals surface area contributed by atoms with Crippen LogP contribution in [0.2, 0.25) is 0 Å². The lowest BCUT2D eigenvalue weighted by Crippen LogP contribution is -2.34. The van der Waals surface area contributed by atoms with Crippen molar-refractivity contribution in [2.24, 2.45) is 0 Å². The highest BCUT2D eigenvalue weighted by Crippen LogP contribution is 2.11. The van der Waals surface area contributed by atoms with Gasteiger partial charge in [0.05, 0.1) is 0 Å². The van der Waals surface area contributed by atoms with Gasteiger partial charge in [0.1, 0.15) is 0 Å². The molecule has 0 aliphatic carbocycles. The molecule has 1 aromatic rings. The first-order chi connectivity index (χ1) is 10.1. The van der Waals surface area contributed by atoms with Gasteiger partial charge < -0.3 is 9.80 Å². The van der Waals surface area contributed by atoms with E-state index >= 15 is 0 Å². The van der Waals surface area contributed by atoms with Crippen molar-refractivity contribution in [1.82, 2.24) is 9.80 Å². The molecular formula is C17H24N2O2. The zero-order chi connectivity index (χ0) is 15.2. The maximum atomic E-state index is 12.1. The van der Waals surface area contributed by atoms with Crippen LogP contribution in [0.25, 0.3) is 0 Å². The normalized spacial score (nSPS) is 14.3. The van der Waals surface area contributed by atoms with E-state index in [4.69, 9.17) is 0 Å². The van der Waals surface area contributed by atoms with Crippen LogP contribution >= 0.6 is 0 Å². The lowest BCUT2D eigenvalue weighted by molar-refractivity contribution is -0.133. The van der Waals surface area contributed by atoms with Gasteiger partial charge in [0, 0.05) is 39.5 Å². The Morgan fingerprint density at radius 3 is 2.33 bits per heavy atom. The van der Waals surface area contributed by atoms with Crippen LogP contribution in [0, 0.1) is 6.92 Å². The smallest absolute Gasteiger partial charge is 0.224 e. The molecule has 0 radical (unpaired) electrons. The molecule has 1 saturated heterocycles. The first-order valence-electron chi connectivity index (χ1n) is 7.65. The van der Waals surface area contributed by atoms with Crippen LogP contribution in [0.5, 0.6) is 0 Å². The van der Waals surface area contributed by atoms with E-state index < -0.39 is 0 Å². The predicted octanol–water partition coefficient (Wildman–Crippen LogP) is 2.36. The summed E-state index contributed by atoms with van der Waals surface area (Å²) in [6, 6.07) is 8.16. The molecule has 1 heterocycles. The van der Waals surface area contributed by atoms with Gasteiger partial charge in [-0.25, -0.2) is 0 Å². The number of aryl methyl sites for hydroxylation is 1. The molecular weight excluding hydrogens is 264 g/mol. The van der Waals surface area contributed by atoms with Crippen molar-refractivity contribution >= 4 is 11.8 Å². The maximum Gasteiger partial charge on any atom is 0.224 e. The number of hydrogen-bond acceptors (Lipinski definition) is 2. The topological polar surface area (TPSA) is 40.6 Å². The monoisotopic (exact) mass is 288 g/mol. The Kier molecular flexibility index (Phi) is 5.37.